The van der Waals surface area contributed by atoms with Crippen LogP contribution in [0.3, 0.4) is 0 Å². The summed E-state index contributed by atoms with van der Waals surface area (Å²) in [6.07, 6.45) is 1.08. The van der Waals surface area contributed by atoms with Crippen molar-refractivity contribution in [2.24, 2.45) is 5.92 Å². The molecule has 0 radical (unpaired) electrons. The lowest BCUT2D eigenvalue weighted by Crippen LogP contribution is -2.24. The number of benzene rings is 1. The molecule has 4 nitrogen and oxygen atoms in total. The lowest BCUT2D eigenvalue weighted by atomic mass is 9.98. The SMILES string of the molecule is C=C(c1ccccc1C)C1C([N+](=C)C=N)C1(O)OC. The van der Waals surface area contributed by atoms with Crippen molar-refractivity contribution in [1.29, 1.82) is 5.41 Å². The van der Waals surface area contributed by atoms with E-state index in [0.717, 1.165) is 23.0 Å². The molecule has 0 bridgehead atoms. The normalized spacial score (nSPS) is 28.8. The average molecular weight is 259 g/mol. The van der Waals surface area contributed by atoms with Gasteiger partial charge in [0.2, 0.25) is 5.79 Å². The van der Waals surface area contributed by atoms with Crippen molar-refractivity contribution in [2.75, 3.05) is 7.11 Å². The van der Waals surface area contributed by atoms with Crippen LogP contribution in [-0.2, 0) is 4.74 Å². The van der Waals surface area contributed by atoms with Gasteiger partial charge in [-0.15, -0.1) is 5.41 Å². The quantitative estimate of drug-likeness (QED) is 0.366. The summed E-state index contributed by atoms with van der Waals surface area (Å²) in [5.74, 6) is -1.60. The lowest BCUT2D eigenvalue weighted by molar-refractivity contribution is -0.431. The predicted molar refractivity (Wildman–Crippen MR) is 75.6 cm³/mol. The Bertz CT molecular complexity index is 553. The first-order chi connectivity index (χ1) is 8.97. The van der Waals surface area contributed by atoms with Crippen LogP contribution in [-0.4, -0.2) is 41.7 Å². The third-order valence-corrected chi connectivity index (χ3v) is 3.79. The van der Waals surface area contributed by atoms with Crippen LogP contribution in [0.4, 0.5) is 0 Å². The molecule has 0 saturated heterocycles. The Labute approximate surface area is 113 Å². The summed E-state index contributed by atoms with van der Waals surface area (Å²) in [6.45, 7) is 9.81. The van der Waals surface area contributed by atoms with E-state index < -0.39 is 5.79 Å². The van der Waals surface area contributed by atoms with Crippen molar-refractivity contribution in [3.8, 4) is 0 Å². The van der Waals surface area contributed by atoms with E-state index in [1.165, 1.54) is 11.7 Å². The van der Waals surface area contributed by atoms with E-state index in [4.69, 9.17) is 10.1 Å². The third-order valence-electron chi connectivity index (χ3n) is 3.79. The summed E-state index contributed by atoms with van der Waals surface area (Å²) in [5, 5.41) is 17.7. The van der Waals surface area contributed by atoms with Crippen LogP contribution in [0.15, 0.2) is 30.8 Å². The first kappa shape index (κ1) is 13.6. The van der Waals surface area contributed by atoms with E-state index in [9.17, 15) is 5.11 Å². The largest absolute Gasteiger partial charge is 0.362 e. The van der Waals surface area contributed by atoms with E-state index in [1.807, 2.05) is 31.2 Å². The maximum absolute atomic E-state index is 10.4. The zero-order valence-electron chi connectivity index (χ0n) is 11.3. The smallest absolute Gasteiger partial charge is 0.277 e. The molecule has 4 heteroatoms. The minimum atomic E-state index is -1.32. The summed E-state index contributed by atoms with van der Waals surface area (Å²) < 4.78 is 6.59. The Morgan fingerprint density at radius 2 is 2.16 bits per heavy atom. The van der Waals surface area contributed by atoms with E-state index in [2.05, 4.69) is 13.3 Å². The molecular formula is C15H19N2O2+. The molecule has 0 amide bonds. The van der Waals surface area contributed by atoms with Crippen LogP contribution in [0.5, 0.6) is 0 Å². The van der Waals surface area contributed by atoms with Gasteiger partial charge in [-0.25, -0.2) is 4.58 Å². The van der Waals surface area contributed by atoms with Crippen molar-refractivity contribution in [2.45, 2.75) is 18.8 Å². The molecule has 1 aromatic carbocycles. The highest BCUT2D eigenvalue weighted by Crippen LogP contribution is 2.53. The Morgan fingerprint density at radius 1 is 1.53 bits per heavy atom. The zero-order chi connectivity index (χ0) is 14.2. The van der Waals surface area contributed by atoms with Crippen LogP contribution in [0.1, 0.15) is 11.1 Å². The number of aryl methyl sites for hydroxylation is 1. The zero-order valence-corrected chi connectivity index (χ0v) is 11.3. The van der Waals surface area contributed by atoms with Crippen molar-refractivity contribution in [3.05, 3.63) is 42.0 Å². The summed E-state index contributed by atoms with van der Waals surface area (Å²) in [6, 6.07) is 7.50. The second-order valence-corrected chi connectivity index (χ2v) is 4.86. The van der Waals surface area contributed by atoms with Gasteiger partial charge in [0.25, 0.3) is 6.34 Å². The molecule has 1 fully saturated rings. The number of ether oxygens (including phenoxy) is 1. The number of aliphatic hydroxyl groups is 1. The van der Waals surface area contributed by atoms with Gasteiger partial charge >= 0.3 is 0 Å². The Hall–Kier alpha value is -1.78. The van der Waals surface area contributed by atoms with Gasteiger partial charge in [0, 0.05) is 7.11 Å². The molecule has 19 heavy (non-hydrogen) atoms. The molecule has 0 spiro atoms. The standard InChI is InChI=1S/C15H19N2O2/c1-10-7-5-6-8-12(10)11(2)13-14(17(3)9-16)15(13,18)19-4/h5-9,13-14,16,18H,2-3H2,1,4H3/q+1. The van der Waals surface area contributed by atoms with Gasteiger partial charge in [-0.2, -0.15) is 0 Å². The van der Waals surface area contributed by atoms with Gasteiger partial charge in [-0.1, -0.05) is 30.8 Å². The highest BCUT2D eigenvalue weighted by molar-refractivity contribution is 5.72. The predicted octanol–water partition coefficient (Wildman–Crippen LogP) is 1.66. The average Bonchev–Trinajstić information content (AvgIpc) is 3.04. The molecule has 100 valence electrons. The molecule has 1 saturated carbocycles. The molecule has 0 aliphatic heterocycles. The molecule has 2 N–H and O–H groups in total. The molecule has 1 aliphatic rings. The van der Waals surface area contributed by atoms with Crippen LogP contribution in [0.25, 0.3) is 5.57 Å². The molecule has 0 heterocycles. The summed E-state index contributed by atoms with van der Waals surface area (Å²) >= 11 is 0. The van der Waals surface area contributed by atoms with E-state index >= 15 is 0 Å². The molecular weight excluding hydrogens is 240 g/mol. The van der Waals surface area contributed by atoms with Gasteiger partial charge in [-0.3, -0.25) is 0 Å². The van der Waals surface area contributed by atoms with E-state index in [0.29, 0.717) is 0 Å². The van der Waals surface area contributed by atoms with Gasteiger partial charge in [-0.05, 0) is 23.6 Å². The highest BCUT2D eigenvalue weighted by Gasteiger charge is 2.71. The first-order valence-electron chi connectivity index (χ1n) is 6.09. The second-order valence-electron chi connectivity index (χ2n) is 4.86. The molecule has 0 aromatic heterocycles. The molecule has 1 aliphatic carbocycles. The Balaban J connectivity index is 2.33. The maximum atomic E-state index is 10.4. The monoisotopic (exact) mass is 259 g/mol. The number of rotatable bonds is 5. The Morgan fingerprint density at radius 3 is 2.68 bits per heavy atom. The van der Waals surface area contributed by atoms with Crippen LogP contribution in [0, 0.1) is 18.3 Å². The fraction of sp³-hybridized carbons (Fsp3) is 0.333. The molecule has 1 aromatic rings. The number of methoxy groups -OCH3 is 1. The number of hydrogen-bond acceptors (Lipinski definition) is 3. The van der Waals surface area contributed by atoms with E-state index in [-0.39, 0.29) is 12.0 Å². The number of nitrogens with one attached hydrogen (secondary N) is 1. The second kappa shape index (κ2) is 4.72. The van der Waals surface area contributed by atoms with Gasteiger partial charge < -0.3 is 9.84 Å². The van der Waals surface area contributed by atoms with Gasteiger partial charge in [0.1, 0.15) is 0 Å². The van der Waals surface area contributed by atoms with E-state index in [1.54, 1.807) is 0 Å². The van der Waals surface area contributed by atoms with Gasteiger partial charge in [0.15, 0.2) is 6.04 Å². The highest BCUT2D eigenvalue weighted by atomic mass is 16.6. The first-order valence-corrected chi connectivity index (χ1v) is 6.09. The van der Waals surface area contributed by atoms with Crippen molar-refractivity contribution < 1.29 is 14.4 Å². The fourth-order valence-electron chi connectivity index (χ4n) is 2.63. The molecule has 3 unspecified atom stereocenters. The lowest BCUT2D eigenvalue weighted by Gasteiger charge is -2.10. The minimum Gasteiger partial charge on any atom is -0.362 e. The molecule has 3 atom stereocenters. The molecule has 2 rings (SSSR count). The van der Waals surface area contributed by atoms with Crippen LogP contribution < -0.4 is 0 Å². The Kier molecular flexibility index (Phi) is 3.39. The third kappa shape index (κ3) is 2.03. The van der Waals surface area contributed by atoms with Crippen molar-refractivity contribution >= 4 is 18.6 Å². The van der Waals surface area contributed by atoms with Crippen molar-refractivity contribution in [1.82, 2.24) is 0 Å². The minimum absolute atomic E-state index is 0.280. The number of hydrogen-bond donors (Lipinski definition) is 2. The van der Waals surface area contributed by atoms with Gasteiger partial charge in [0.05, 0.1) is 12.6 Å². The fourth-order valence-corrected chi connectivity index (χ4v) is 2.63. The summed E-state index contributed by atoms with van der Waals surface area (Å²) in [4.78, 5) is 0. The topological polar surface area (TPSA) is 56.3 Å². The van der Waals surface area contributed by atoms with Crippen LogP contribution in [0.2, 0.25) is 0 Å². The summed E-state index contributed by atoms with van der Waals surface area (Å²) in [5.41, 5.74) is 2.91. The van der Waals surface area contributed by atoms with Crippen molar-refractivity contribution in [3.63, 3.8) is 0 Å². The number of nitrogens with zero attached hydrogens (tertiary/aromatic N) is 1. The van der Waals surface area contributed by atoms with Crippen LogP contribution >= 0.6 is 0 Å². The maximum Gasteiger partial charge on any atom is 0.277 e. The summed E-state index contributed by atoms with van der Waals surface area (Å²) in [7, 11) is 1.45.